The van der Waals surface area contributed by atoms with Crippen LogP contribution < -0.4 is 10.6 Å². The number of aromatic nitrogens is 6. The van der Waals surface area contributed by atoms with Crippen molar-refractivity contribution in [3.05, 3.63) is 53.1 Å². The van der Waals surface area contributed by atoms with Crippen LogP contribution >= 0.6 is 23.2 Å². The summed E-state index contributed by atoms with van der Waals surface area (Å²) in [6, 6.07) is 2.28. The number of carbonyl (C=O) groups is 1. The van der Waals surface area contributed by atoms with E-state index in [1.165, 1.54) is 17.2 Å². The maximum Gasteiger partial charge on any atom is 0.319 e. The second-order valence-corrected chi connectivity index (χ2v) is 5.60. The van der Waals surface area contributed by atoms with Gasteiger partial charge in [0.2, 0.25) is 0 Å². The first-order chi connectivity index (χ1) is 12.1. The lowest BCUT2D eigenvalue weighted by atomic mass is 10.3. The lowest BCUT2D eigenvalue weighted by Crippen LogP contribution is -2.32. The molecule has 3 rings (SSSR count). The topological polar surface area (TPSA) is 111 Å². The van der Waals surface area contributed by atoms with Gasteiger partial charge in [-0.25, -0.2) is 24.7 Å². The van der Waals surface area contributed by atoms with Gasteiger partial charge in [-0.15, -0.1) is 0 Å². The van der Waals surface area contributed by atoms with E-state index in [1.807, 2.05) is 0 Å². The molecule has 0 aliphatic heterocycles. The third kappa shape index (κ3) is 3.83. The third-order valence-corrected chi connectivity index (χ3v) is 3.91. The summed E-state index contributed by atoms with van der Waals surface area (Å²) in [5.74, 6) is 0.827. The Morgan fingerprint density at radius 1 is 1.16 bits per heavy atom. The van der Waals surface area contributed by atoms with Crippen LogP contribution in [-0.2, 0) is 0 Å². The van der Waals surface area contributed by atoms with Crippen LogP contribution in [-0.4, -0.2) is 35.7 Å². The van der Waals surface area contributed by atoms with Crippen molar-refractivity contribution in [1.82, 2.24) is 35.0 Å². The molecule has 25 heavy (non-hydrogen) atoms. The van der Waals surface area contributed by atoms with Crippen LogP contribution in [0.15, 0.2) is 37.1 Å². The summed E-state index contributed by atoms with van der Waals surface area (Å²) in [4.78, 5) is 28.4. The quantitative estimate of drug-likeness (QED) is 0.675. The second kappa shape index (κ2) is 7.41. The molecule has 0 fully saturated rings. The summed E-state index contributed by atoms with van der Waals surface area (Å²) in [5, 5.41) is 9.70. The first-order valence-electron chi connectivity index (χ1n) is 7.11. The summed E-state index contributed by atoms with van der Waals surface area (Å²) >= 11 is 11.8. The van der Waals surface area contributed by atoms with E-state index in [2.05, 4.69) is 35.7 Å². The van der Waals surface area contributed by atoms with Gasteiger partial charge in [0.15, 0.2) is 5.82 Å². The maximum absolute atomic E-state index is 12.2. The zero-order valence-corrected chi connectivity index (χ0v) is 14.4. The van der Waals surface area contributed by atoms with Crippen molar-refractivity contribution >= 4 is 34.9 Å². The van der Waals surface area contributed by atoms with Crippen LogP contribution in [0.25, 0.3) is 5.95 Å². The molecule has 0 aliphatic rings. The Bertz CT molecular complexity index is 886. The van der Waals surface area contributed by atoms with Gasteiger partial charge in [-0.2, -0.15) is 9.78 Å². The van der Waals surface area contributed by atoms with Crippen molar-refractivity contribution in [3.8, 4) is 5.95 Å². The predicted molar refractivity (Wildman–Crippen MR) is 91.8 cm³/mol. The number of hydrogen-bond acceptors (Lipinski definition) is 6. The average molecular weight is 379 g/mol. The molecular formula is C14H12Cl2N8O. The highest BCUT2D eigenvalue weighted by molar-refractivity contribution is 6.43. The van der Waals surface area contributed by atoms with Gasteiger partial charge in [0, 0.05) is 18.6 Å². The highest BCUT2D eigenvalue weighted by Gasteiger charge is 2.18. The highest BCUT2D eigenvalue weighted by Crippen LogP contribution is 2.27. The van der Waals surface area contributed by atoms with E-state index in [-0.39, 0.29) is 10.2 Å². The number of urea groups is 1. The summed E-state index contributed by atoms with van der Waals surface area (Å²) in [6.07, 6.45) is 5.99. The normalized spacial score (nSPS) is 11.8. The molecule has 3 heterocycles. The molecule has 3 aromatic rings. The highest BCUT2D eigenvalue weighted by atomic mass is 35.5. The van der Waals surface area contributed by atoms with Gasteiger partial charge in [0.1, 0.15) is 16.5 Å². The molecular weight excluding hydrogens is 367 g/mol. The Morgan fingerprint density at radius 2 is 1.92 bits per heavy atom. The van der Waals surface area contributed by atoms with Crippen LogP contribution in [0, 0.1) is 0 Å². The minimum Gasteiger partial charge on any atom is -0.328 e. The molecule has 128 valence electrons. The first-order valence-corrected chi connectivity index (χ1v) is 7.86. The van der Waals surface area contributed by atoms with Crippen molar-refractivity contribution in [2.24, 2.45) is 0 Å². The third-order valence-electron chi connectivity index (χ3n) is 3.15. The minimum absolute atomic E-state index is 0.105. The van der Waals surface area contributed by atoms with Crippen molar-refractivity contribution in [3.63, 3.8) is 0 Å². The van der Waals surface area contributed by atoms with Gasteiger partial charge in [0.05, 0.1) is 11.7 Å². The van der Waals surface area contributed by atoms with E-state index in [0.717, 1.165) is 0 Å². The smallest absolute Gasteiger partial charge is 0.319 e. The van der Waals surface area contributed by atoms with E-state index < -0.39 is 12.1 Å². The molecule has 3 aromatic heterocycles. The molecule has 0 radical (unpaired) electrons. The summed E-state index contributed by atoms with van der Waals surface area (Å²) in [6.45, 7) is 1.75. The van der Waals surface area contributed by atoms with Crippen molar-refractivity contribution in [2.45, 2.75) is 13.0 Å². The zero-order chi connectivity index (χ0) is 17.8. The number of hydrogen-bond donors (Lipinski definition) is 2. The van der Waals surface area contributed by atoms with Crippen molar-refractivity contribution < 1.29 is 4.79 Å². The molecule has 0 spiro atoms. The lowest BCUT2D eigenvalue weighted by molar-refractivity contribution is 0.248. The zero-order valence-electron chi connectivity index (χ0n) is 12.9. The summed E-state index contributed by atoms with van der Waals surface area (Å²) in [5.41, 5.74) is 0.347. The number of rotatable bonds is 4. The minimum atomic E-state index is -0.486. The fourth-order valence-corrected chi connectivity index (χ4v) is 2.35. The van der Waals surface area contributed by atoms with Gasteiger partial charge >= 0.3 is 6.03 Å². The van der Waals surface area contributed by atoms with Gasteiger partial charge in [0.25, 0.3) is 5.95 Å². The molecule has 0 unspecified atom stereocenters. The van der Waals surface area contributed by atoms with Crippen LogP contribution in [0.5, 0.6) is 0 Å². The number of pyridine rings is 1. The lowest BCUT2D eigenvalue weighted by Gasteiger charge is -2.15. The molecule has 0 aliphatic carbocycles. The fourth-order valence-electron chi connectivity index (χ4n) is 2.03. The van der Waals surface area contributed by atoms with E-state index in [4.69, 9.17) is 23.2 Å². The van der Waals surface area contributed by atoms with Gasteiger partial charge < -0.3 is 10.6 Å². The van der Waals surface area contributed by atoms with Gasteiger partial charge in [-0.1, -0.05) is 23.2 Å². The molecule has 1 atom stereocenters. The Hall–Kier alpha value is -2.78. The number of halogens is 2. The first kappa shape index (κ1) is 17.1. The molecule has 11 heteroatoms. The average Bonchev–Trinajstić information content (AvgIpc) is 3.09. The van der Waals surface area contributed by atoms with Crippen LogP contribution in [0.2, 0.25) is 10.2 Å². The number of amides is 2. The Labute approximate surface area is 152 Å². The molecule has 0 aromatic carbocycles. The van der Waals surface area contributed by atoms with Gasteiger partial charge in [-0.3, -0.25) is 0 Å². The standard InChI is InChI=1S/C14H12Cl2N8O/c1-8(12-20-7-21-24(12)13-18-4-2-5-19-13)22-14(25)23-9-3-6-17-11(16)10(9)15/h2-8H,1H3,(H2,17,22,23,25)/t8-/m0/s1. The van der Waals surface area contributed by atoms with Crippen LogP contribution in [0.1, 0.15) is 18.8 Å². The number of nitrogens with zero attached hydrogens (tertiary/aromatic N) is 6. The van der Waals surface area contributed by atoms with Crippen molar-refractivity contribution in [2.75, 3.05) is 5.32 Å². The van der Waals surface area contributed by atoms with Crippen molar-refractivity contribution in [1.29, 1.82) is 0 Å². The second-order valence-electron chi connectivity index (χ2n) is 4.86. The SMILES string of the molecule is C[C@H](NC(=O)Nc1ccnc(Cl)c1Cl)c1ncnn1-c1ncccn1. The predicted octanol–water partition coefficient (Wildman–Crippen LogP) is 2.64. The van der Waals surface area contributed by atoms with Crippen LogP contribution in [0.3, 0.4) is 0 Å². The number of carbonyl (C=O) groups excluding carboxylic acids is 1. The Morgan fingerprint density at radius 3 is 2.68 bits per heavy atom. The molecule has 9 nitrogen and oxygen atoms in total. The molecule has 2 amide bonds. The molecule has 0 bridgehead atoms. The summed E-state index contributed by atoms with van der Waals surface area (Å²) in [7, 11) is 0. The Balaban J connectivity index is 1.73. The Kier molecular flexibility index (Phi) is 5.05. The maximum atomic E-state index is 12.2. The summed E-state index contributed by atoms with van der Waals surface area (Å²) < 4.78 is 1.45. The largest absolute Gasteiger partial charge is 0.328 e. The van der Waals surface area contributed by atoms with E-state index >= 15 is 0 Å². The van der Waals surface area contributed by atoms with E-state index in [1.54, 1.807) is 31.5 Å². The van der Waals surface area contributed by atoms with E-state index in [9.17, 15) is 4.79 Å². The number of nitrogens with one attached hydrogen (secondary N) is 2. The van der Waals surface area contributed by atoms with Gasteiger partial charge in [-0.05, 0) is 19.1 Å². The van der Waals surface area contributed by atoms with E-state index in [0.29, 0.717) is 17.5 Å². The van der Waals surface area contributed by atoms with Crippen LogP contribution in [0.4, 0.5) is 10.5 Å². The monoisotopic (exact) mass is 378 g/mol. The fraction of sp³-hybridized carbons (Fsp3) is 0.143. The molecule has 0 saturated heterocycles. The molecule has 0 saturated carbocycles. The molecule has 2 N–H and O–H groups in total. The number of anilines is 1.